The summed E-state index contributed by atoms with van der Waals surface area (Å²) in [6.45, 7) is -3.19. The third-order valence-corrected chi connectivity index (χ3v) is 3.48. The second kappa shape index (κ2) is 6.29. The van der Waals surface area contributed by atoms with Crippen LogP contribution in [-0.4, -0.2) is 20.5 Å². The lowest BCUT2D eigenvalue weighted by atomic mass is 10.3. The van der Waals surface area contributed by atoms with E-state index in [-0.39, 0.29) is 22.1 Å². The van der Waals surface area contributed by atoms with Crippen LogP contribution in [0.25, 0.3) is 11.0 Å². The number of hydrogen-bond donors (Lipinski definition) is 0. The number of nitrogens with zero attached hydrogens (tertiary/aromatic N) is 3. The molecule has 0 bridgehead atoms. The van der Waals surface area contributed by atoms with Gasteiger partial charge in [0, 0.05) is 6.20 Å². The van der Waals surface area contributed by atoms with Crippen molar-refractivity contribution in [1.82, 2.24) is 14.5 Å². The first-order valence-electron chi connectivity index (χ1n) is 6.59. The Morgan fingerprint density at radius 2 is 2.04 bits per heavy atom. The molecule has 0 radical (unpaired) electrons. The molecular formula is C15H10ClF2N3O2. The lowest BCUT2D eigenvalue weighted by Crippen LogP contribution is -2.11. The van der Waals surface area contributed by atoms with Crippen LogP contribution in [-0.2, 0) is 11.3 Å². The smallest absolute Gasteiger partial charge is 0.341 e. The number of benzene rings is 1. The molecule has 0 aliphatic rings. The Morgan fingerprint density at radius 1 is 1.26 bits per heavy atom. The minimum atomic E-state index is -2.79. The first kappa shape index (κ1) is 15.4. The van der Waals surface area contributed by atoms with Gasteiger partial charge in [0.2, 0.25) is 0 Å². The highest BCUT2D eigenvalue weighted by Crippen LogP contribution is 2.24. The topological polar surface area (TPSA) is 57.0 Å². The summed E-state index contributed by atoms with van der Waals surface area (Å²) in [5.74, 6) is -0.800. The Morgan fingerprint density at radius 3 is 2.78 bits per heavy atom. The summed E-state index contributed by atoms with van der Waals surface area (Å²) in [5, 5.41) is -0.0140. The number of rotatable bonds is 4. The van der Waals surface area contributed by atoms with Gasteiger partial charge in [-0.25, -0.2) is 14.8 Å². The fourth-order valence-corrected chi connectivity index (χ4v) is 2.36. The quantitative estimate of drug-likeness (QED) is 0.536. The average Bonchev–Trinajstić information content (AvgIpc) is 2.91. The molecule has 2 aromatic heterocycles. The molecular weight excluding hydrogens is 328 g/mol. The van der Waals surface area contributed by atoms with Gasteiger partial charge in [-0.2, -0.15) is 8.78 Å². The van der Waals surface area contributed by atoms with E-state index >= 15 is 0 Å². The number of pyridine rings is 1. The van der Waals surface area contributed by atoms with Crippen molar-refractivity contribution in [2.24, 2.45) is 0 Å². The van der Waals surface area contributed by atoms with Crippen molar-refractivity contribution in [3.8, 4) is 0 Å². The molecule has 0 unspecified atom stereocenters. The largest absolute Gasteiger partial charge is 0.454 e. The van der Waals surface area contributed by atoms with Gasteiger partial charge in [-0.05, 0) is 24.3 Å². The maximum Gasteiger partial charge on any atom is 0.341 e. The first-order chi connectivity index (χ1) is 11.1. The van der Waals surface area contributed by atoms with E-state index in [9.17, 15) is 13.6 Å². The van der Waals surface area contributed by atoms with Gasteiger partial charge < -0.3 is 4.74 Å². The molecule has 0 amide bonds. The number of esters is 1. The van der Waals surface area contributed by atoms with E-state index in [0.717, 1.165) is 4.57 Å². The maximum atomic E-state index is 13.3. The molecule has 0 atom stereocenters. The fraction of sp³-hybridized carbons (Fsp3) is 0.133. The van der Waals surface area contributed by atoms with Gasteiger partial charge in [0.25, 0.3) is 0 Å². The van der Waals surface area contributed by atoms with Gasteiger partial charge in [0.1, 0.15) is 11.8 Å². The molecule has 0 N–H and O–H groups in total. The summed E-state index contributed by atoms with van der Waals surface area (Å²) in [4.78, 5) is 19.8. The molecule has 0 aliphatic heterocycles. The Bertz CT molecular complexity index is 867. The predicted octanol–water partition coefficient (Wildman–Crippen LogP) is 3.84. The zero-order valence-corrected chi connectivity index (χ0v) is 12.4. The SMILES string of the molecule is O=C(OCc1nc2ccccc2n1C(F)F)c1cccnc1Cl. The van der Waals surface area contributed by atoms with Crippen LogP contribution in [0.5, 0.6) is 0 Å². The minimum absolute atomic E-state index is 0.0140. The second-order valence-electron chi connectivity index (χ2n) is 4.58. The van der Waals surface area contributed by atoms with Crippen LogP contribution in [0.4, 0.5) is 8.78 Å². The lowest BCUT2D eigenvalue weighted by molar-refractivity contribution is 0.0387. The summed E-state index contributed by atoms with van der Waals surface area (Å²) in [7, 11) is 0. The molecule has 2 heterocycles. The number of ether oxygens (including phenoxy) is 1. The van der Waals surface area contributed by atoms with Crippen LogP contribution in [0.15, 0.2) is 42.6 Å². The van der Waals surface area contributed by atoms with Gasteiger partial charge in [0.05, 0.1) is 16.6 Å². The third-order valence-electron chi connectivity index (χ3n) is 3.18. The number of carbonyl (C=O) groups is 1. The van der Waals surface area contributed by atoms with Crippen LogP contribution in [0.3, 0.4) is 0 Å². The Hall–Kier alpha value is -2.54. The van der Waals surface area contributed by atoms with E-state index in [0.29, 0.717) is 5.52 Å². The molecule has 118 valence electrons. The van der Waals surface area contributed by atoms with Crippen LogP contribution in [0.1, 0.15) is 22.7 Å². The fourth-order valence-electron chi connectivity index (χ4n) is 2.16. The molecule has 0 saturated heterocycles. The number of aromatic nitrogens is 3. The van der Waals surface area contributed by atoms with Gasteiger partial charge in [-0.3, -0.25) is 4.57 Å². The van der Waals surface area contributed by atoms with Gasteiger partial charge in [0.15, 0.2) is 5.82 Å². The summed E-state index contributed by atoms with van der Waals surface area (Å²) in [5.41, 5.74) is 0.736. The van der Waals surface area contributed by atoms with E-state index in [1.807, 2.05) is 0 Å². The molecule has 0 fully saturated rings. The molecule has 0 aliphatic carbocycles. The number of fused-ring (bicyclic) bond motifs is 1. The van der Waals surface area contributed by atoms with Crippen LogP contribution < -0.4 is 0 Å². The molecule has 23 heavy (non-hydrogen) atoms. The number of imidazole rings is 1. The van der Waals surface area contributed by atoms with Crippen molar-refractivity contribution in [2.45, 2.75) is 13.2 Å². The standard InChI is InChI=1S/C15H10ClF2N3O2/c16-13-9(4-3-7-19-13)14(22)23-8-12-20-10-5-1-2-6-11(10)21(12)15(17)18/h1-7,15H,8H2. The molecule has 5 nitrogen and oxygen atoms in total. The Labute approximate surface area is 134 Å². The first-order valence-corrected chi connectivity index (χ1v) is 6.97. The van der Waals surface area contributed by atoms with Crippen LogP contribution in [0, 0.1) is 0 Å². The second-order valence-corrected chi connectivity index (χ2v) is 4.94. The molecule has 3 aromatic rings. The molecule has 8 heteroatoms. The summed E-state index contributed by atoms with van der Waals surface area (Å²) >= 11 is 5.79. The van der Waals surface area contributed by atoms with Crippen molar-refractivity contribution in [1.29, 1.82) is 0 Å². The molecule has 0 spiro atoms. The van der Waals surface area contributed by atoms with E-state index in [2.05, 4.69) is 9.97 Å². The van der Waals surface area contributed by atoms with E-state index in [4.69, 9.17) is 16.3 Å². The highest BCUT2D eigenvalue weighted by atomic mass is 35.5. The molecule has 1 aromatic carbocycles. The van der Waals surface area contributed by atoms with Crippen molar-refractivity contribution < 1.29 is 18.3 Å². The summed E-state index contributed by atoms with van der Waals surface area (Å²) in [6, 6.07) is 9.42. The van der Waals surface area contributed by atoms with Crippen LogP contribution >= 0.6 is 11.6 Å². The van der Waals surface area contributed by atoms with Crippen LogP contribution in [0.2, 0.25) is 5.15 Å². The number of alkyl halides is 2. The van der Waals surface area contributed by atoms with Crippen molar-refractivity contribution >= 4 is 28.6 Å². The Balaban J connectivity index is 1.86. The van der Waals surface area contributed by atoms with Gasteiger partial charge in [-0.15, -0.1) is 0 Å². The van der Waals surface area contributed by atoms with Gasteiger partial charge in [-0.1, -0.05) is 23.7 Å². The number of hydrogen-bond acceptors (Lipinski definition) is 4. The highest BCUT2D eigenvalue weighted by Gasteiger charge is 2.19. The zero-order chi connectivity index (χ0) is 16.4. The molecule has 3 rings (SSSR count). The summed E-state index contributed by atoms with van der Waals surface area (Å²) < 4.78 is 32.3. The van der Waals surface area contributed by atoms with Crippen molar-refractivity contribution in [3.05, 3.63) is 59.1 Å². The van der Waals surface area contributed by atoms with Crippen molar-refractivity contribution in [2.75, 3.05) is 0 Å². The average molecular weight is 338 g/mol. The normalized spacial score (nSPS) is 11.1. The zero-order valence-electron chi connectivity index (χ0n) is 11.6. The Kier molecular flexibility index (Phi) is 4.20. The third kappa shape index (κ3) is 3.00. The maximum absolute atomic E-state index is 13.3. The number of halogens is 3. The predicted molar refractivity (Wildman–Crippen MR) is 79.4 cm³/mol. The minimum Gasteiger partial charge on any atom is -0.454 e. The number of carbonyl (C=O) groups excluding carboxylic acids is 1. The summed E-state index contributed by atoms with van der Waals surface area (Å²) in [6.07, 6.45) is 1.43. The van der Waals surface area contributed by atoms with E-state index in [1.165, 1.54) is 24.4 Å². The van der Waals surface area contributed by atoms with Gasteiger partial charge >= 0.3 is 12.5 Å². The lowest BCUT2D eigenvalue weighted by Gasteiger charge is -2.08. The van der Waals surface area contributed by atoms with E-state index in [1.54, 1.807) is 18.2 Å². The number of para-hydroxylation sites is 2. The van der Waals surface area contributed by atoms with E-state index < -0.39 is 19.1 Å². The monoisotopic (exact) mass is 337 g/mol. The van der Waals surface area contributed by atoms with Crippen molar-refractivity contribution in [3.63, 3.8) is 0 Å². The highest BCUT2D eigenvalue weighted by molar-refractivity contribution is 6.32. The molecule has 0 saturated carbocycles.